The average molecular weight is 737 g/mol. The maximum absolute atomic E-state index is 6.85. The fourth-order valence-corrected chi connectivity index (χ4v) is 9.17. The summed E-state index contributed by atoms with van der Waals surface area (Å²) in [6.07, 6.45) is -0.240. The molecule has 0 bridgehead atoms. The van der Waals surface area contributed by atoms with Gasteiger partial charge in [-0.1, -0.05) is 146 Å². The molecular formula is C51H36N4O2. The van der Waals surface area contributed by atoms with Gasteiger partial charge < -0.3 is 13.4 Å². The lowest BCUT2D eigenvalue weighted by Gasteiger charge is -2.39. The van der Waals surface area contributed by atoms with Gasteiger partial charge >= 0.3 is 0 Å². The lowest BCUT2D eigenvalue weighted by molar-refractivity contribution is 0.203. The molecule has 11 aromatic rings. The molecule has 0 spiro atoms. The van der Waals surface area contributed by atoms with Crippen LogP contribution in [-0.2, 0) is 0 Å². The number of fused-ring (bicyclic) bond motifs is 9. The molecule has 2 unspecified atom stereocenters. The molecule has 4 heterocycles. The van der Waals surface area contributed by atoms with Crippen molar-refractivity contribution >= 4 is 65.7 Å². The van der Waals surface area contributed by atoms with Gasteiger partial charge in [-0.25, -0.2) is 0 Å². The topological polar surface area (TPSA) is 67.3 Å². The Morgan fingerprint density at radius 3 is 1.51 bits per heavy atom. The standard InChI is InChI=1S/C51H36N4O2/c1-3-14-31(15-4-1)49-52-50(32-16-5-2-6-17-32)54-51(53-49)33-28-29-38-45(30-33)56-43-26-12-20-36(46(38)43)37-21-13-27-44-47(37)39-22-11-25-42(48(39)57-44)55-40-23-9-7-18-34(40)35-19-8-10-24-41(35)55/h1-30,49-54H. The molecule has 0 saturated carbocycles. The number of hydrogen-bond acceptors (Lipinski definition) is 5. The van der Waals surface area contributed by atoms with Crippen molar-refractivity contribution in [2.24, 2.45) is 0 Å². The molecule has 1 fully saturated rings. The van der Waals surface area contributed by atoms with Crippen LogP contribution in [0.2, 0.25) is 0 Å². The lowest BCUT2D eigenvalue weighted by atomic mass is 9.95. The van der Waals surface area contributed by atoms with Gasteiger partial charge in [-0.05, 0) is 64.2 Å². The zero-order chi connectivity index (χ0) is 37.5. The second-order valence-corrected chi connectivity index (χ2v) is 15.0. The van der Waals surface area contributed by atoms with Crippen molar-refractivity contribution < 1.29 is 8.83 Å². The summed E-state index contributed by atoms with van der Waals surface area (Å²) < 4.78 is 15.9. The third kappa shape index (κ3) is 5.09. The van der Waals surface area contributed by atoms with Crippen LogP contribution >= 0.6 is 0 Å². The zero-order valence-electron chi connectivity index (χ0n) is 30.8. The highest BCUT2D eigenvalue weighted by Crippen LogP contribution is 2.44. The first-order chi connectivity index (χ1) is 28.3. The van der Waals surface area contributed by atoms with Gasteiger partial charge in [0.15, 0.2) is 5.58 Å². The Morgan fingerprint density at radius 1 is 0.368 bits per heavy atom. The molecule has 3 N–H and O–H groups in total. The van der Waals surface area contributed by atoms with Gasteiger partial charge in [0.05, 0.1) is 35.2 Å². The van der Waals surface area contributed by atoms with Crippen molar-refractivity contribution in [3.8, 4) is 16.8 Å². The first kappa shape index (κ1) is 32.3. The summed E-state index contributed by atoms with van der Waals surface area (Å²) in [4.78, 5) is 0. The molecule has 0 amide bonds. The highest BCUT2D eigenvalue weighted by Gasteiger charge is 2.30. The number of hydrogen-bond donors (Lipinski definition) is 3. The maximum atomic E-state index is 6.85. The summed E-state index contributed by atoms with van der Waals surface area (Å²) in [7, 11) is 0. The van der Waals surface area contributed by atoms with E-state index in [0.29, 0.717) is 0 Å². The quantitative estimate of drug-likeness (QED) is 0.164. The first-order valence-electron chi connectivity index (χ1n) is 19.5. The SMILES string of the molecule is c1ccc(C2NC(c3ccccc3)NC(c3ccc4c(c3)oc3cccc(-c5cccc6oc7c(-n8c9ccccc9c9ccccc98)cccc7c56)c34)N2)cc1. The summed E-state index contributed by atoms with van der Waals surface area (Å²) in [5.41, 5.74) is 12.4. The van der Waals surface area contributed by atoms with Crippen LogP contribution in [0.4, 0.5) is 0 Å². The minimum Gasteiger partial charge on any atom is -0.456 e. The third-order valence-corrected chi connectivity index (χ3v) is 11.7. The molecule has 6 heteroatoms. The van der Waals surface area contributed by atoms with Crippen molar-refractivity contribution in [1.82, 2.24) is 20.5 Å². The molecule has 2 atom stereocenters. The molecular weight excluding hydrogens is 701 g/mol. The zero-order valence-corrected chi connectivity index (χ0v) is 30.8. The van der Waals surface area contributed by atoms with E-state index in [0.717, 1.165) is 77.3 Å². The van der Waals surface area contributed by atoms with Gasteiger partial charge in [-0.15, -0.1) is 0 Å². The number of rotatable bonds is 5. The average Bonchev–Trinajstić information content (AvgIpc) is 3.96. The van der Waals surface area contributed by atoms with Crippen molar-refractivity contribution in [3.63, 3.8) is 0 Å². The van der Waals surface area contributed by atoms with E-state index >= 15 is 0 Å². The van der Waals surface area contributed by atoms with Crippen LogP contribution in [0.5, 0.6) is 0 Å². The maximum Gasteiger partial charge on any atom is 0.159 e. The fraction of sp³-hybridized carbons (Fsp3) is 0.0588. The van der Waals surface area contributed by atoms with Gasteiger partial charge in [0.1, 0.15) is 16.7 Å². The van der Waals surface area contributed by atoms with Crippen LogP contribution in [0.3, 0.4) is 0 Å². The summed E-state index contributed by atoms with van der Waals surface area (Å²) >= 11 is 0. The van der Waals surface area contributed by atoms with Gasteiger partial charge in [-0.3, -0.25) is 16.0 Å². The van der Waals surface area contributed by atoms with Crippen molar-refractivity contribution in [2.45, 2.75) is 18.5 Å². The molecule has 6 nitrogen and oxygen atoms in total. The Bertz CT molecular complexity index is 3210. The van der Waals surface area contributed by atoms with Crippen molar-refractivity contribution in [3.05, 3.63) is 199 Å². The van der Waals surface area contributed by atoms with Gasteiger partial charge in [0.2, 0.25) is 0 Å². The van der Waals surface area contributed by atoms with Crippen LogP contribution in [0, 0.1) is 0 Å². The van der Waals surface area contributed by atoms with Crippen molar-refractivity contribution in [1.29, 1.82) is 0 Å². The first-order valence-corrected chi connectivity index (χ1v) is 19.5. The van der Waals surface area contributed by atoms with E-state index in [1.165, 1.54) is 21.9 Å². The molecule has 0 radical (unpaired) electrons. The van der Waals surface area contributed by atoms with Gasteiger partial charge in [0.25, 0.3) is 0 Å². The molecule has 8 aromatic carbocycles. The van der Waals surface area contributed by atoms with E-state index in [4.69, 9.17) is 8.83 Å². The minimum atomic E-state index is -0.131. The van der Waals surface area contributed by atoms with E-state index < -0.39 is 0 Å². The van der Waals surface area contributed by atoms with Crippen molar-refractivity contribution in [2.75, 3.05) is 0 Å². The van der Waals surface area contributed by atoms with E-state index in [2.05, 4.69) is 203 Å². The summed E-state index contributed by atoms with van der Waals surface area (Å²) in [5.74, 6) is 0. The molecule has 272 valence electrons. The Labute approximate surface area is 327 Å². The molecule has 1 aliphatic heterocycles. The predicted octanol–water partition coefficient (Wildman–Crippen LogP) is 12.4. The number of nitrogens with one attached hydrogen (secondary N) is 3. The highest BCUT2D eigenvalue weighted by atomic mass is 16.3. The Hall–Kier alpha value is -6.96. The Kier molecular flexibility index (Phi) is 7.25. The predicted molar refractivity (Wildman–Crippen MR) is 231 cm³/mol. The summed E-state index contributed by atoms with van der Waals surface area (Å²) in [6.45, 7) is 0. The minimum absolute atomic E-state index is 0.0543. The number of para-hydroxylation sites is 3. The molecule has 57 heavy (non-hydrogen) atoms. The van der Waals surface area contributed by atoms with Crippen LogP contribution in [0.25, 0.3) is 82.5 Å². The molecule has 0 aliphatic carbocycles. The van der Waals surface area contributed by atoms with Gasteiger partial charge in [-0.2, -0.15) is 0 Å². The van der Waals surface area contributed by atoms with Crippen LogP contribution in [-0.4, -0.2) is 4.57 Å². The summed E-state index contributed by atoms with van der Waals surface area (Å²) in [6, 6.07) is 64.2. The Balaban J connectivity index is 0.991. The van der Waals surface area contributed by atoms with Crippen LogP contribution in [0.15, 0.2) is 191 Å². The second kappa shape index (κ2) is 12.8. The normalized spacial score (nSPS) is 17.4. The smallest absolute Gasteiger partial charge is 0.159 e. The van der Waals surface area contributed by atoms with Crippen LogP contribution < -0.4 is 16.0 Å². The number of benzene rings is 8. The molecule has 3 aromatic heterocycles. The Morgan fingerprint density at radius 2 is 0.877 bits per heavy atom. The number of nitrogens with zero attached hydrogens (tertiary/aromatic N) is 1. The number of furan rings is 2. The van der Waals surface area contributed by atoms with E-state index in [-0.39, 0.29) is 18.5 Å². The monoisotopic (exact) mass is 736 g/mol. The van der Waals surface area contributed by atoms with E-state index in [1.54, 1.807) is 0 Å². The van der Waals surface area contributed by atoms with Gasteiger partial charge in [0, 0.05) is 32.3 Å². The highest BCUT2D eigenvalue weighted by molar-refractivity contribution is 6.20. The molecule has 1 saturated heterocycles. The largest absolute Gasteiger partial charge is 0.456 e. The lowest BCUT2D eigenvalue weighted by Crippen LogP contribution is -2.54. The molecule has 1 aliphatic rings. The van der Waals surface area contributed by atoms with Crippen LogP contribution in [0.1, 0.15) is 35.2 Å². The molecule has 12 rings (SSSR count). The summed E-state index contributed by atoms with van der Waals surface area (Å²) in [5, 5.41) is 18.2. The number of aromatic nitrogens is 1. The fourth-order valence-electron chi connectivity index (χ4n) is 9.17. The second-order valence-electron chi connectivity index (χ2n) is 15.0. The van der Waals surface area contributed by atoms with E-state index in [1.807, 2.05) is 0 Å². The third-order valence-electron chi connectivity index (χ3n) is 11.7. The van der Waals surface area contributed by atoms with E-state index in [9.17, 15) is 0 Å².